The van der Waals surface area contributed by atoms with Crippen molar-refractivity contribution in [1.82, 2.24) is 9.55 Å². The van der Waals surface area contributed by atoms with Crippen LogP contribution in [0.4, 0.5) is 5.82 Å². The Morgan fingerprint density at radius 3 is 2.95 bits per heavy atom. The van der Waals surface area contributed by atoms with Crippen molar-refractivity contribution in [2.45, 2.75) is 6.54 Å². The number of benzene rings is 1. The van der Waals surface area contributed by atoms with Gasteiger partial charge in [-0.25, -0.2) is 9.78 Å². The summed E-state index contributed by atoms with van der Waals surface area (Å²) in [6, 6.07) is 9.50. The van der Waals surface area contributed by atoms with Gasteiger partial charge in [0.05, 0.1) is 5.52 Å². The number of aromatic nitrogens is 2. The van der Waals surface area contributed by atoms with Crippen LogP contribution in [0.25, 0.3) is 11.1 Å². The molecule has 0 bridgehead atoms. The molecular formula is C14H12BrN3O2. The molecule has 0 aliphatic heterocycles. The lowest BCUT2D eigenvalue weighted by atomic mass is 10.2. The van der Waals surface area contributed by atoms with Crippen LogP contribution in [0.2, 0.25) is 0 Å². The second-order valence-corrected chi connectivity index (χ2v) is 5.36. The van der Waals surface area contributed by atoms with Crippen LogP contribution in [0.3, 0.4) is 0 Å². The highest BCUT2D eigenvalue weighted by molar-refractivity contribution is 9.10. The van der Waals surface area contributed by atoms with Gasteiger partial charge in [-0.1, -0.05) is 6.07 Å². The zero-order chi connectivity index (χ0) is 14.1. The topological polar surface area (TPSA) is 60.1 Å². The first-order valence-corrected chi connectivity index (χ1v) is 6.87. The Morgan fingerprint density at radius 2 is 2.20 bits per heavy atom. The van der Waals surface area contributed by atoms with Gasteiger partial charge in [0.15, 0.2) is 5.58 Å². The molecule has 2 heterocycles. The quantitative estimate of drug-likeness (QED) is 0.800. The summed E-state index contributed by atoms with van der Waals surface area (Å²) < 4.78 is 7.54. The molecule has 1 N–H and O–H groups in total. The van der Waals surface area contributed by atoms with Crippen LogP contribution in [0.15, 0.2) is 50.2 Å². The van der Waals surface area contributed by atoms with Gasteiger partial charge in [-0.15, -0.1) is 0 Å². The molecule has 0 aliphatic rings. The van der Waals surface area contributed by atoms with E-state index >= 15 is 0 Å². The van der Waals surface area contributed by atoms with Crippen molar-refractivity contribution in [3.63, 3.8) is 0 Å². The van der Waals surface area contributed by atoms with Crippen molar-refractivity contribution >= 4 is 32.8 Å². The van der Waals surface area contributed by atoms with Crippen molar-refractivity contribution in [2.24, 2.45) is 7.05 Å². The van der Waals surface area contributed by atoms with Crippen LogP contribution < -0.4 is 11.1 Å². The van der Waals surface area contributed by atoms with Crippen LogP contribution >= 0.6 is 15.9 Å². The van der Waals surface area contributed by atoms with Crippen LogP contribution in [-0.2, 0) is 13.6 Å². The number of nitrogens with zero attached hydrogens (tertiary/aromatic N) is 2. The third-order valence-electron chi connectivity index (χ3n) is 3.06. The van der Waals surface area contributed by atoms with Gasteiger partial charge in [-0.3, -0.25) is 4.57 Å². The molecule has 0 fully saturated rings. The largest absolute Gasteiger partial charge is 0.419 e. The molecule has 5 nitrogen and oxygen atoms in total. The van der Waals surface area contributed by atoms with Gasteiger partial charge in [-0.2, -0.15) is 0 Å². The lowest BCUT2D eigenvalue weighted by molar-refractivity contribution is 0.528. The molecule has 20 heavy (non-hydrogen) atoms. The number of nitrogens with one attached hydrogen (secondary N) is 1. The fourth-order valence-electron chi connectivity index (χ4n) is 1.96. The number of fused-ring (bicyclic) bond motifs is 1. The summed E-state index contributed by atoms with van der Waals surface area (Å²) in [5, 5.41) is 3.23. The van der Waals surface area contributed by atoms with E-state index in [0.717, 1.165) is 21.4 Å². The number of hydrogen-bond donors (Lipinski definition) is 1. The Balaban J connectivity index is 1.82. The number of rotatable bonds is 3. The molecule has 0 aliphatic carbocycles. The molecule has 102 valence electrons. The van der Waals surface area contributed by atoms with E-state index in [1.807, 2.05) is 30.3 Å². The van der Waals surface area contributed by atoms with Gasteiger partial charge < -0.3 is 9.73 Å². The molecule has 3 aromatic rings. The Hall–Kier alpha value is -2.08. The van der Waals surface area contributed by atoms with E-state index < -0.39 is 0 Å². The van der Waals surface area contributed by atoms with Crippen molar-refractivity contribution < 1.29 is 4.42 Å². The molecule has 1 aromatic carbocycles. The van der Waals surface area contributed by atoms with E-state index in [1.165, 1.54) is 4.57 Å². The van der Waals surface area contributed by atoms with Crippen molar-refractivity contribution in [3.05, 3.63) is 57.1 Å². The SMILES string of the molecule is Cn1c(=O)oc2ccc(CNc3ccc(Br)cn3)cc21. The molecule has 0 unspecified atom stereocenters. The average molecular weight is 334 g/mol. The summed E-state index contributed by atoms with van der Waals surface area (Å²) in [4.78, 5) is 15.7. The van der Waals surface area contributed by atoms with E-state index in [0.29, 0.717) is 12.1 Å². The maximum absolute atomic E-state index is 11.4. The van der Waals surface area contributed by atoms with Gasteiger partial charge in [0.1, 0.15) is 5.82 Å². The maximum atomic E-state index is 11.4. The molecule has 0 atom stereocenters. The van der Waals surface area contributed by atoms with Crippen LogP contribution in [0, 0.1) is 0 Å². The van der Waals surface area contributed by atoms with Crippen molar-refractivity contribution in [1.29, 1.82) is 0 Å². The highest BCUT2D eigenvalue weighted by Gasteiger charge is 2.06. The Kier molecular flexibility index (Phi) is 3.31. The van der Waals surface area contributed by atoms with Gasteiger partial charge in [0.2, 0.25) is 0 Å². The fraction of sp³-hybridized carbons (Fsp3) is 0.143. The molecule has 2 aromatic heterocycles. The second kappa shape index (κ2) is 5.13. The van der Waals surface area contributed by atoms with E-state index in [-0.39, 0.29) is 5.76 Å². The third kappa shape index (κ3) is 2.46. The summed E-state index contributed by atoms with van der Waals surface area (Å²) in [5.41, 5.74) is 2.44. The molecule has 6 heteroatoms. The number of oxazole rings is 1. The third-order valence-corrected chi connectivity index (χ3v) is 3.53. The van der Waals surface area contributed by atoms with Gasteiger partial charge in [0.25, 0.3) is 0 Å². The highest BCUT2D eigenvalue weighted by atomic mass is 79.9. The van der Waals surface area contributed by atoms with E-state index in [1.54, 1.807) is 13.2 Å². The first kappa shape index (κ1) is 12.9. The monoisotopic (exact) mass is 333 g/mol. The van der Waals surface area contributed by atoms with Crippen LogP contribution in [-0.4, -0.2) is 9.55 Å². The minimum atomic E-state index is -0.348. The van der Waals surface area contributed by atoms with Gasteiger partial charge in [0, 0.05) is 24.3 Å². The van der Waals surface area contributed by atoms with Crippen LogP contribution in [0.1, 0.15) is 5.56 Å². The van der Waals surface area contributed by atoms with Crippen LogP contribution in [0.5, 0.6) is 0 Å². The first-order valence-electron chi connectivity index (χ1n) is 6.07. The van der Waals surface area contributed by atoms with Gasteiger partial charge >= 0.3 is 5.76 Å². The van der Waals surface area contributed by atoms with Gasteiger partial charge in [-0.05, 0) is 45.8 Å². The Bertz CT molecular complexity index is 805. The Morgan fingerprint density at radius 1 is 1.35 bits per heavy atom. The predicted octanol–water partition coefficient (Wildman–Crippen LogP) is 2.90. The number of pyridine rings is 1. The number of hydrogen-bond acceptors (Lipinski definition) is 4. The van der Waals surface area contributed by atoms with E-state index in [2.05, 4.69) is 26.2 Å². The zero-order valence-electron chi connectivity index (χ0n) is 10.8. The molecule has 0 saturated heterocycles. The second-order valence-electron chi connectivity index (χ2n) is 4.44. The summed E-state index contributed by atoms with van der Waals surface area (Å²) in [7, 11) is 1.70. The average Bonchev–Trinajstić information content (AvgIpc) is 2.74. The normalized spacial score (nSPS) is 10.9. The van der Waals surface area contributed by atoms with E-state index in [9.17, 15) is 4.79 Å². The zero-order valence-corrected chi connectivity index (χ0v) is 12.3. The number of halogens is 1. The lowest BCUT2D eigenvalue weighted by Crippen LogP contribution is -2.08. The standard InChI is InChI=1S/C14H12BrN3O2/c1-18-11-6-9(2-4-12(11)20-14(18)19)7-16-13-5-3-10(15)8-17-13/h2-6,8H,7H2,1H3,(H,16,17). The summed E-state index contributed by atoms with van der Waals surface area (Å²) in [6.45, 7) is 0.629. The highest BCUT2D eigenvalue weighted by Crippen LogP contribution is 2.16. The summed E-state index contributed by atoms with van der Waals surface area (Å²) in [5.74, 6) is 0.453. The first-order chi connectivity index (χ1) is 9.63. The maximum Gasteiger partial charge on any atom is 0.419 e. The number of aryl methyl sites for hydroxylation is 1. The molecular weight excluding hydrogens is 322 g/mol. The summed E-state index contributed by atoms with van der Waals surface area (Å²) >= 11 is 3.35. The lowest BCUT2D eigenvalue weighted by Gasteiger charge is -2.05. The molecule has 0 amide bonds. The minimum absolute atomic E-state index is 0.348. The van der Waals surface area contributed by atoms with Crippen molar-refractivity contribution in [2.75, 3.05) is 5.32 Å². The summed E-state index contributed by atoms with van der Waals surface area (Å²) in [6.07, 6.45) is 1.74. The molecule has 0 saturated carbocycles. The minimum Gasteiger partial charge on any atom is -0.408 e. The molecule has 3 rings (SSSR count). The molecule has 0 radical (unpaired) electrons. The number of anilines is 1. The van der Waals surface area contributed by atoms with E-state index in [4.69, 9.17) is 4.42 Å². The Labute approximate surface area is 123 Å². The predicted molar refractivity (Wildman–Crippen MR) is 80.7 cm³/mol. The fourth-order valence-corrected chi connectivity index (χ4v) is 2.19. The molecule has 0 spiro atoms. The van der Waals surface area contributed by atoms with Crippen molar-refractivity contribution in [3.8, 4) is 0 Å². The smallest absolute Gasteiger partial charge is 0.408 e.